The van der Waals surface area contributed by atoms with Gasteiger partial charge in [-0.15, -0.1) is 0 Å². The summed E-state index contributed by atoms with van der Waals surface area (Å²) < 4.78 is 35.1. The van der Waals surface area contributed by atoms with E-state index in [1.807, 2.05) is 53.3 Å². The number of ether oxygens (including phenoxy) is 1. The van der Waals surface area contributed by atoms with Crippen molar-refractivity contribution in [3.8, 4) is 5.75 Å². The topological polar surface area (TPSA) is 117 Å². The van der Waals surface area contributed by atoms with Gasteiger partial charge >= 0.3 is 16.2 Å². The Morgan fingerprint density at radius 1 is 0.868 bits per heavy atom. The monoisotopic (exact) mass is 532 g/mol. The minimum atomic E-state index is -4.30. The number of nitrogens with zero attached hydrogens (tertiary/aromatic N) is 1. The van der Waals surface area contributed by atoms with Gasteiger partial charge in [0.05, 0.1) is 12.8 Å². The van der Waals surface area contributed by atoms with Crippen LogP contribution in [0.4, 0.5) is 16.2 Å². The van der Waals surface area contributed by atoms with Gasteiger partial charge in [-0.1, -0.05) is 66.7 Å². The third kappa shape index (κ3) is 6.60. The van der Waals surface area contributed by atoms with Crippen molar-refractivity contribution in [1.29, 1.82) is 0 Å². The predicted molar refractivity (Wildman–Crippen MR) is 148 cm³/mol. The van der Waals surface area contributed by atoms with E-state index in [0.29, 0.717) is 22.5 Å². The fourth-order valence-electron chi connectivity index (χ4n) is 4.01. The average Bonchev–Trinajstić information content (AvgIpc) is 2.92. The zero-order valence-electron chi connectivity index (χ0n) is 20.9. The number of carbonyl (C=O) groups is 2. The second-order valence-corrected chi connectivity index (χ2v) is 9.96. The summed E-state index contributed by atoms with van der Waals surface area (Å²) in [5, 5.41) is 4.05. The number of fused-ring (bicyclic) bond motifs is 1. The number of amides is 3. The largest absolute Gasteiger partial charge is 0.497 e. The molecule has 9 nitrogen and oxygen atoms in total. The van der Waals surface area contributed by atoms with Crippen LogP contribution in [0.5, 0.6) is 5.75 Å². The number of hydrogen-bond acceptors (Lipinski definition) is 5. The quantitative estimate of drug-likeness (QED) is 0.300. The molecule has 0 bridgehead atoms. The number of benzene rings is 4. The van der Waals surface area contributed by atoms with Crippen molar-refractivity contribution >= 4 is 44.3 Å². The molecule has 4 aromatic carbocycles. The predicted octanol–water partition coefficient (Wildman–Crippen LogP) is 4.08. The van der Waals surface area contributed by atoms with E-state index in [-0.39, 0.29) is 6.42 Å². The van der Waals surface area contributed by atoms with E-state index in [4.69, 9.17) is 4.74 Å². The van der Waals surface area contributed by atoms with Crippen LogP contribution < -0.4 is 24.4 Å². The van der Waals surface area contributed by atoms with Crippen molar-refractivity contribution in [3.05, 3.63) is 103 Å². The van der Waals surface area contributed by atoms with Crippen LogP contribution in [0.2, 0.25) is 0 Å². The van der Waals surface area contributed by atoms with Gasteiger partial charge < -0.3 is 15.0 Å². The molecular weight excluding hydrogens is 504 g/mol. The molecule has 0 radical (unpaired) electrons. The zero-order valence-corrected chi connectivity index (χ0v) is 21.7. The highest BCUT2D eigenvalue weighted by atomic mass is 32.2. The van der Waals surface area contributed by atoms with Crippen LogP contribution >= 0.6 is 0 Å². The average molecular weight is 533 g/mol. The number of urea groups is 1. The summed E-state index contributed by atoms with van der Waals surface area (Å²) in [5.41, 5.74) is 1.70. The molecule has 3 amide bonds. The standard InChI is InChI=1S/C28H28N4O5S/c1-32(22-15-17-23(37-2)18-16-22)27(33)26(19-20-9-4-3-5-10-20)29-28(34)31-38(35,36)30-25-14-8-12-21-11-6-7-13-24(21)25/h3-18,26,30H,19H2,1-2H3,(H2,29,31,34). The maximum Gasteiger partial charge on any atom is 0.330 e. The maximum absolute atomic E-state index is 13.4. The molecular formula is C28H28N4O5S. The molecule has 0 fully saturated rings. The molecule has 196 valence electrons. The molecule has 0 saturated carbocycles. The minimum absolute atomic E-state index is 0.157. The highest BCUT2D eigenvalue weighted by Gasteiger charge is 2.27. The van der Waals surface area contributed by atoms with E-state index in [2.05, 4.69) is 10.0 Å². The van der Waals surface area contributed by atoms with Crippen LogP contribution in [-0.2, 0) is 21.4 Å². The second-order valence-electron chi connectivity index (χ2n) is 8.55. The lowest BCUT2D eigenvalue weighted by atomic mass is 10.0. The molecule has 0 heterocycles. The van der Waals surface area contributed by atoms with Crippen molar-refractivity contribution in [3.63, 3.8) is 0 Å². The van der Waals surface area contributed by atoms with Crippen molar-refractivity contribution in [2.75, 3.05) is 23.8 Å². The molecule has 0 spiro atoms. The molecule has 0 saturated heterocycles. The van der Waals surface area contributed by atoms with Gasteiger partial charge in [0.15, 0.2) is 0 Å². The van der Waals surface area contributed by atoms with Crippen molar-refractivity contribution < 1.29 is 22.7 Å². The first-order valence-electron chi connectivity index (χ1n) is 11.8. The first-order valence-corrected chi connectivity index (χ1v) is 13.3. The summed E-state index contributed by atoms with van der Waals surface area (Å²) in [7, 11) is -1.17. The molecule has 0 aliphatic rings. The Morgan fingerprint density at radius 2 is 1.53 bits per heavy atom. The van der Waals surface area contributed by atoms with E-state index in [1.54, 1.807) is 62.7 Å². The third-order valence-electron chi connectivity index (χ3n) is 5.94. The number of carbonyl (C=O) groups excluding carboxylic acids is 2. The highest BCUT2D eigenvalue weighted by molar-refractivity contribution is 7.91. The first-order chi connectivity index (χ1) is 18.3. The Balaban J connectivity index is 1.51. The van der Waals surface area contributed by atoms with Gasteiger partial charge in [0.1, 0.15) is 11.8 Å². The number of hydrogen-bond donors (Lipinski definition) is 3. The normalized spacial score (nSPS) is 11.8. The number of likely N-dealkylation sites (N-methyl/N-ethyl adjacent to an activating group) is 1. The molecule has 38 heavy (non-hydrogen) atoms. The fraction of sp³-hybridized carbons (Fsp3) is 0.143. The smallest absolute Gasteiger partial charge is 0.330 e. The lowest BCUT2D eigenvalue weighted by Crippen LogP contribution is -2.53. The summed E-state index contributed by atoms with van der Waals surface area (Å²) in [4.78, 5) is 27.7. The second kappa shape index (κ2) is 11.7. The van der Waals surface area contributed by atoms with Gasteiger partial charge in [-0.05, 0) is 41.3 Å². The van der Waals surface area contributed by atoms with Crippen LogP contribution in [0.1, 0.15) is 5.56 Å². The summed E-state index contributed by atoms with van der Waals surface area (Å²) in [6.07, 6.45) is 0.157. The summed E-state index contributed by atoms with van der Waals surface area (Å²) in [6, 6.07) is 26.4. The molecule has 0 aliphatic carbocycles. The highest BCUT2D eigenvalue weighted by Crippen LogP contribution is 2.23. The van der Waals surface area contributed by atoms with Crippen molar-refractivity contribution in [2.45, 2.75) is 12.5 Å². The van der Waals surface area contributed by atoms with E-state index in [0.717, 1.165) is 10.9 Å². The van der Waals surface area contributed by atoms with Gasteiger partial charge in [0, 0.05) is 24.5 Å². The van der Waals surface area contributed by atoms with Gasteiger partial charge in [-0.2, -0.15) is 8.42 Å². The Kier molecular flexibility index (Phi) is 8.12. The van der Waals surface area contributed by atoms with Crippen LogP contribution in [0.15, 0.2) is 97.1 Å². The lowest BCUT2D eigenvalue weighted by Gasteiger charge is -2.25. The molecule has 0 aromatic heterocycles. The van der Waals surface area contributed by atoms with Crippen LogP contribution in [0.25, 0.3) is 10.8 Å². The van der Waals surface area contributed by atoms with Gasteiger partial charge in [-0.25, -0.2) is 9.52 Å². The summed E-state index contributed by atoms with van der Waals surface area (Å²) in [5.74, 6) is 0.213. The van der Waals surface area contributed by atoms with Crippen molar-refractivity contribution in [2.24, 2.45) is 0 Å². The Morgan fingerprint density at radius 3 is 2.24 bits per heavy atom. The molecule has 4 rings (SSSR count). The van der Waals surface area contributed by atoms with Gasteiger partial charge in [-0.3, -0.25) is 9.52 Å². The van der Waals surface area contributed by atoms with Crippen LogP contribution in [-0.4, -0.2) is 40.6 Å². The number of anilines is 2. The lowest BCUT2D eigenvalue weighted by molar-refractivity contribution is -0.120. The van der Waals surface area contributed by atoms with Crippen LogP contribution in [0, 0.1) is 0 Å². The van der Waals surface area contributed by atoms with E-state index < -0.39 is 28.2 Å². The Hall–Kier alpha value is -4.57. The summed E-state index contributed by atoms with van der Waals surface area (Å²) in [6.45, 7) is 0. The van der Waals surface area contributed by atoms with E-state index in [9.17, 15) is 18.0 Å². The van der Waals surface area contributed by atoms with Crippen LogP contribution in [0.3, 0.4) is 0 Å². The minimum Gasteiger partial charge on any atom is -0.497 e. The molecule has 3 N–H and O–H groups in total. The first kappa shape index (κ1) is 26.5. The Bertz CT molecular complexity index is 1520. The number of methoxy groups -OCH3 is 1. The zero-order chi connectivity index (χ0) is 27.1. The third-order valence-corrected chi connectivity index (χ3v) is 6.88. The maximum atomic E-state index is 13.4. The SMILES string of the molecule is COc1ccc(N(C)C(=O)C(Cc2ccccc2)NC(=O)NS(=O)(=O)Nc2cccc3ccccc23)cc1. The van der Waals surface area contributed by atoms with E-state index >= 15 is 0 Å². The molecule has 0 aliphatic heterocycles. The molecule has 1 atom stereocenters. The van der Waals surface area contributed by atoms with Crippen molar-refractivity contribution in [1.82, 2.24) is 10.0 Å². The molecule has 10 heteroatoms. The fourth-order valence-corrected chi connectivity index (χ4v) is 4.83. The molecule has 1 unspecified atom stereocenters. The number of rotatable bonds is 9. The number of nitrogens with one attached hydrogen (secondary N) is 3. The summed E-state index contributed by atoms with van der Waals surface area (Å²) >= 11 is 0. The molecule has 4 aromatic rings. The van der Waals surface area contributed by atoms with E-state index in [1.165, 1.54) is 4.90 Å². The van der Waals surface area contributed by atoms with Gasteiger partial charge in [0.25, 0.3) is 0 Å². The van der Waals surface area contributed by atoms with Gasteiger partial charge in [0.2, 0.25) is 5.91 Å². The Labute approximate surface area is 221 Å².